The van der Waals surface area contributed by atoms with E-state index in [0.717, 1.165) is 6.08 Å². The van der Waals surface area contributed by atoms with Crippen molar-refractivity contribution in [2.45, 2.75) is 14.1 Å². The number of carbonyl (C=O) groups is 1. The van der Waals surface area contributed by atoms with Crippen LogP contribution in [0.2, 0.25) is 0 Å². The molecule has 2 aromatic rings. The second-order valence-electron chi connectivity index (χ2n) is 5.70. The molecule has 6 nitrogen and oxygen atoms in total. The van der Waals surface area contributed by atoms with Crippen molar-refractivity contribution in [1.29, 1.82) is 0 Å². The molecule has 0 aliphatic carbocycles. The number of alkyl halides is 3. The molecule has 2 rings (SSSR count). The standard InChI is InChI=1S/C19H18Cl3NO5S/c1-27-15-9-6-10-16(28-2)14(15)11-12-17(24)23-18(19(20,21)22)29(25,26)13-7-4-3-5-8-13/h3-12,18H,1-2H3,(H,23,24)/b12-11+. The summed E-state index contributed by atoms with van der Waals surface area (Å²) in [6, 6.07) is 12.5. The van der Waals surface area contributed by atoms with Crippen molar-refractivity contribution < 1.29 is 22.7 Å². The number of methoxy groups -OCH3 is 2. The molecule has 2 aromatic carbocycles. The average molecular weight is 479 g/mol. The fourth-order valence-corrected chi connectivity index (χ4v) is 5.11. The lowest BCUT2D eigenvalue weighted by Crippen LogP contribution is -2.48. The molecule has 0 aliphatic rings. The molecule has 1 unspecified atom stereocenters. The molecule has 0 radical (unpaired) electrons. The van der Waals surface area contributed by atoms with E-state index in [1.54, 1.807) is 24.3 Å². The third-order valence-electron chi connectivity index (χ3n) is 3.82. The van der Waals surface area contributed by atoms with Crippen molar-refractivity contribution in [3.8, 4) is 11.5 Å². The maximum atomic E-state index is 12.9. The minimum atomic E-state index is -4.17. The topological polar surface area (TPSA) is 81.7 Å². The first kappa shape index (κ1) is 23.3. The van der Waals surface area contributed by atoms with Crippen molar-refractivity contribution >= 4 is 56.6 Å². The van der Waals surface area contributed by atoms with E-state index in [2.05, 4.69) is 5.32 Å². The normalized spacial score (nSPS) is 13.1. The molecule has 0 bridgehead atoms. The molecule has 0 aromatic heterocycles. The van der Waals surface area contributed by atoms with E-state index in [-0.39, 0.29) is 4.90 Å². The molecule has 0 aliphatic heterocycles. The Hall–Kier alpha value is -1.93. The Labute approximate surface area is 184 Å². The Morgan fingerprint density at radius 2 is 1.55 bits per heavy atom. The van der Waals surface area contributed by atoms with Gasteiger partial charge >= 0.3 is 0 Å². The van der Waals surface area contributed by atoms with Crippen LogP contribution in [0.15, 0.2) is 59.5 Å². The minimum absolute atomic E-state index is 0.0907. The van der Waals surface area contributed by atoms with Crippen molar-refractivity contribution in [2.75, 3.05) is 14.2 Å². The minimum Gasteiger partial charge on any atom is -0.496 e. The highest BCUT2D eigenvalue weighted by Gasteiger charge is 2.44. The van der Waals surface area contributed by atoms with Gasteiger partial charge in [0.05, 0.1) is 24.7 Å². The number of hydrogen-bond donors (Lipinski definition) is 1. The maximum absolute atomic E-state index is 12.9. The monoisotopic (exact) mass is 477 g/mol. The Morgan fingerprint density at radius 1 is 1.00 bits per heavy atom. The zero-order chi connectivity index (χ0) is 21.7. The Bertz CT molecular complexity index is 966. The van der Waals surface area contributed by atoms with Gasteiger partial charge in [-0.05, 0) is 30.3 Å². The quantitative estimate of drug-likeness (QED) is 0.480. The van der Waals surface area contributed by atoms with Crippen LogP contribution in [0.25, 0.3) is 6.08 Å². The Balaban J connectivity index is 2.33. The highest BCUT2D eigenvalue weighted by atomic mass is 35.6. The summed E-state index contributed by atoms with van der Waals surface area (Å²) in [7, 11) is -1.23. The van der Waals surface area contributed by atoms with Crippen LogP contribution < -0.4 is 14.8 Å². The SMILES string of the molecule is COc1cccc(OC)c1/C=C/C(=O)NC(C(Cl)(Cl)Cl)S(=O)(=O)c1ccccc1. The van der Waals surface area contributed by atoms with Gasteiger partial charge in [-0.2, -0.15) is 0 Å². The summed E-state index contributed by atoms with van der Waals surface area (Å²) in [6.07, 6.45) is 2.52. The van der Waals surface area contributed by atoms with Gasteiger partial charge in [0.2, 0.25) is 19.5 Å². The van der Waals surface area contributed by atoms with Crippen LogP contribution in [0.4, 0.5) is 0 Å². The van der Waals surface area contributed by atoms with Crippen LogP contribution in [0, 0.1) is 0 Å². The smallest absolute Gasteiger partial charge is 0.245 e. The third-order valence-corrected chi connectivity index (χ3v) is 6.88. The number of ether oxygens (including phenoxy) is 2. The molecule has 0 saturated carbocycles. The summed E-state index contributed by atoms with van der Waals surface area (Å²) in [5.74, 6) is 0.139. The number of rotatable bonds is 7. The van der Waals surface area contributed by atoms with Gasteiger partial charge < -0.3 is 14.8 Å². The lowest BCUT2D eigenvalue weighted by atomic mass is 10.1. The van der Waals surface area contributed by atoms with Crippen LogP contribution in [-0.4, -0.2) is 37.7 Å². The van der Waals surface area contributed by atoms with Crippen LogP contribution in [0.5, 0.6) is 11.5 Å². The highest BCUT2D eigenvalue weighted by Crippen LogP contribution is 2.36. The largest absolute Gasteiger partial charge is 0.496 e. The van der Waals surface area contributed by atoms with E-state index in [0.29, 0.717) is 17.1 Å². The van der Waals surface area contributed by atoms with E-state index in [4.69, 9.17) is 44.3 Å². The number of halogens is 3. The van der Waals surface area contributed by atoms with E-state index >= 15 is 0 Å². The number of benzene rings is 2. The molecule has 1 N–H and O–H groups in total. The van der Waals surface area contributed by atoms with Gasteiger partial charge in [-0.15, -0.1) is 0 Å². The van der Waals surface area contributed by atoms with Crippen LogP contribution in [0.3, 0.4) is 0 Å². The van der Waals surface area contributed by atoms with E-state index in [1.165, 1.54) is 44.6 Å². The lowest BCUT2D eigenvalue weighted by molar-refractivity contribution is -0.116. The van der Waals surface area contributed by atoms with Crippen molar-refractivity contribution in [3.05, 3.63) is 60.2 Å². The fourth-order valence-electron chi connectivity index (χ4n) is 2.46. The fraction of sp³-hybridized carbons (Fsp3) is 0.211. The summed E-state index contributed by atoms with van der Waals surface area (Å²) < 4.78 is 33.9. The molecule has 156 valence electrons. The number of carbonyl (C=O) groups excluding carboxylic acids is 1. The summed E-state index contributed by atoms with van der Waals surface area (Å²) in [6.45, 7) is 0. The molecule has 0 heterocycles. The van der Waals surface area contributed by atoms with Gasteiger partial charge in [0.25, 0.3) is 0 Å². The first-order valence-electron chi connectivity index (χ1n) is 8.16. The van der Waals surface area contributed by atoms with Gasteiger partial charge in [0.15, 0.2) is 5.37 Å². The number of hydrogen-bond acceptors (Lipinski definition) is 5. The lowest BCUT2D eigenvalue weighted by Gasteiger charge is -2.25. The number of amides is 1. The van der Waals surface area contributed by atoms with Gasteiger partial charge in [-0.25, -0.2) is 8.42 Å². The van der Waals surface area contributed by atoms with E-state index in [9.17, 15) is 13.2 Å². The van der Waals surface area contributed by atoms with Crippen molar-refractivity contribution in [1.82, 2.24) is 5.32 Å². The van der Waals surface area contributed by atoms with Crippen LogP contribution in [-0.2, 0) is 14.6 Å². The summed E-state index contributed by atoms with van der Waals surface area (Å²) in [4.78, 5) is 12.3. The van der Waals surface area contributed by atoms with Gasteiger partial charge in [0.1, 0.15) is 11.5 Å². The van der Waals surface area contributed by atoms with Crippen molar-refractivity contribution in [2.24, 2.45) is 0 Å². The molecule has 0 saturated heterocycles. The van der Waals surface area contributed by atoms with Crippen LogP contribution >= 0.6 is 34.8 Å². The van der Waals surface area contributed by atoms with Gasteiger partial charge in [0, 0.05) is 6.08 Å². The molecular formula is C19H18Cl3NO5S. The molecule has 1 amide bonds. The summed E-state index contributed by atoms with van der Waals surface area (Å²) >= 11 is 17.6. The molecule has 0 spiro atoms. The summed E-state index contributed by atoms with van der Waals surface area (Å²) in [5, 5.41) is 0.443. The van der Waals surface area contributed by atoms with E-state index in [1.807, 2.05) is 0 Å². The second-order valence-corrected chi connectivity index (χ2v) is 10.1. The van der Waals surface area contributed by atoms with Crippen LogP contribution in [0.1, 0.15) is 5.56 Å². The molecule has 29 heavy (non-hydrogen) atoms. The predicted molar refractivity (Wildman–Crippen MR) is 114 cm³/mol. The predicted octanol–water partition coefficient (Wildman–Crippen LogP) is 4.00. The average Bonchev–Trinajstić information content (AvgIpc) is 2.69. The first-order chi connectivity index (χ1) is 13.6. The first-order valence-corrected chi connectivity index (χ1v) is 10.8. The number of sulfone groups is 1. The molecule has 10 heteroatoms. The summed E-state index contributed by atoms with van der Waals surface area (Å²) in [5.41, 5.74) is 0.490. The second kappa shape index (κ2) is 9.71. The zero-order valence-corrected chi connectivity index (χ0v) is 18.5. The Morgan fingerprint density at radius 3 is 2.03 bits per heavy atom. The van der Waals surface area contributed by atoms with E-state index < -0.39 is 24.9 Å². The third kappa shape index (κ3) is 5.79. The number of nitrogens with one attached hydrogen (secondary N) is 1. The highest BCUT2D eigenvalue weighted by molar-refractivity contribution is 7.92. The van der Waals surface area contributed by atoms with Crippen molar-refractivity contribution in [3.63, 3.8) is 0 Å². The van der Waals surface area contributed by atoms with Gasteiger partial charge in [-0.3, -0.25) is 4.79 Å². The maximum Gasteiger partial charge on any atom is 0.245 e. The molecule has 1 atom stereocenters. The molecular weight excluding hydrogens is 461 g/mol. The van der Waals surface area contributed by atoms with Gasteiger partial charge in [-0.1, -0.05) is 59.1 Å². The molecule has 0 fully saturated rings. The Kier molecular flexibility index (Phi) is 7.82. The zero-order valence-electron chi connectivity index (χ0n) is 15.4.